The monoisotopic (exact) mass is 321 g/mol. The van der Waals surface area contributed by atoms with Gasteiger partial charge in [0.2, 0.25) is 0 Å². The molecule has 2 heterocycles. The molecule has 2 aromatic rings. The van der Waals surface area contributed by atoms with Crippen LogP contribution in [-0.4, -0.2) is 29.3 Å². The van der Waals surface area contributed by atoms with Gasteiger partial charge >= 0.3 is 0 Å². The lowest BCUT2D eigenvalue weighted by Crippen LogP contribution is -2.23. The van der Waals surface area contributed by atoms with E-state index >= 15 is 0 Å². The third-order valence-corrected chi connectivity index (χ3v) is 3.84. The first-order valence-corrected chi connectivity index (χ1v) is 7.84. The number of ether oxygens (including phenoxy) is 2. The number of nitrogens with zero attached hydrogens (tertiary/aromatic N) is 2. The summed E-state index contributed by atoms with van der Waals surface area (Å²) in [6.45, 7) is 5.96. The number of aromatic nitrogens is 2. The molecule has 1 N–H and O–H groups in total. The maximum atomic E-state index is 6.24. The molecule has 118 valence electrons. The molecule has 1 aliphatic rings. The van der Waals surface area contributed by atoms with E-state index in [4.69, 9.17) is 21.1 Å². The van der Waals surface area contributed by atoms with E-state index in [0.29, 0.717) is 29.9 Å². The van der Waals surface area contributed by atoms with Crippen molar-refractivity contribution in [2.24, 2.45) is 5.92 Å². The van der Waals surface area contributed by atoms with Gasteiger partial charge in [0.05, 0.1) is 11.3 Å². The lowest BCUT2D eigenvalue weighted by Gasteiger charge is -2.20. The summed E-state index contributed by atoms with van der Waals surface area (Å²) in [6, 6.07) is 3.93. The molecule has 5 nitrogen and oxygen atoms in total. The Kier molecular flexibility index (Phi) is 4.85. The van der Waals surface area contributed by atoms with Crippen LogP contribution >= 0.6 is 11.6 Å². The fourth-order valence-corrected chi connectivity index (χ4v) is 2.84. The Morgan fingerprint density at radius 1 is 1.36 bits per heavy atom. The largest absolute Gasteiger partial charge is 0.486 e. The van der Waals surface area contributed by atoms with E-state index in [0.717, 1.165) is 30.9 Å². The van der Waals surface area contributed by atoms with Gasteiger partial charge in [-0.25, -0.2) is 4.98 Å². The smallest absolute Gasteiger partial charge is 0.179 e. The highest BCUT2D eigenvalue weighted by Crippen LogP contribution is 2.38. The van der Waals surface area contributed by atoms with Crippen molar-refractivity contribution >= 4 is 11.6 Å². The van der Waals surface area contributed by atoms with Crippen molar-refractivity contribution in [1.82, 2.24) is 14.9 Å². The molecule has 1 atom stereocenters. The Morgan fingerprint density at radius 3 is 3.05 bits per heavy atom. The molecule has 6 heteroatoms. The van der Waals surface area contributed by atoms with Crippen LogP contribution in [0.2, 0.25) is 5.02 Å². The van der Waals surface area contributed by atoms with Crippen LogP contribution in [0, 0.1) is 5.92 Å². The van der Waals surface area contributed by atoms with E-state index in [1.807, 2.05) is 24.7 Å². The van der Waals surface area contributed by atoms with Crippen LogP contribution < -0.4 is 14.8 Å². The van der Waals surface area contributed by atoms with Crippen LogP contribution in [0.1, 0.15) is 12.5 Å². The molecule has 0 radical (unpaired) electrons. The second kappa shape index (κ2) is 7.03. The number of hydrogen-bond donors (Lipinski definition) is 1. The number of benzene rings is 1. The summed E-state index contributed by atoms with van der Waals surface area (Å²) in [5.41, 5.74) is 1.10. The lowest BCUT2D eigenvalue weighted by atomic mass is 10.1. The molecule has 0 bridgehead atoms. The number of hydrogen-bond acceptors (Lipinski definition) is 4. The zero-order valence-electron chi connectivity index (χ0n) is 12.6. The fraction of sp³-hybridized carbons (Fsp3) is 0.438. The lowest BCUT2D eigenvalue weighted by molar-refractivity contribution is 0.171. The molecule has 1 unspecified atom stereocenters. The SMILES string of the molecule is CC(CNCc1cc(Cl)c2c(c1)OCCO2)Cn1ccnc1. The Bertz CT molecular complexity index is 616. The molecule has 0 saturated heterocycles. The minimum absolute atomic E-state index is 0.516. The van der Waals surface area contributed by atoms with Crippen LogP contribution in [-0.2, 0) is 13.1 Å². The normalized spacial score (nSPS) is 14.8. The number of rotatable bonds is 6. The number of nitrogens with one attached hydrogen (secondary N) is 1. The van der Waals surface area contributed by atoms with E-state index in [-0.39, 0.29) is 0 Å². The number of imidazole rings is 1. The Morgan fingerprint density at radius 2 is 2.23 bits per heavy atom. The van der Waals surface area contributed by atoms with Gasteiger partial charge in [-0.05, 0) is 30.2 Å². The molecule has 0 spiro atoms. The van der Waals surface area contributed by atoms with Crippen molar-refractivity contribution in [3.63, 3.8) is 0 Å². The first-order valence-electron chi connectivity index (χ1n) is 7.47. The van der Waals surface area contributed by atoms with Gasteiger partial charge in [0, 0.05) is 25.5 Å². The molecule has 3 rings (SSSR count). The topological polar surface area (TPSA) is 48.3 Å². The van der Waals surface area contributed by atoms with Crippen LogP contribution in [0.4, 0.5) is 0 Å². The van der Waals surface area contributed by atoms with Gasteiger partial charge in [-0.2, -0.15) is 0 Å². The van der Waals surface area contributed by atoms with E-state index in [9.17, 15) is 0 Å². The van der Waals surface area contributed by atoms with Crippen LogP contribution in [0.15, 0.2) is 30.9 Å². The van der Waals surface area contributed by atoms with E-state index in [1.54, 1.807) is 6.20 Å². The van der Waals surface area contributed by atoms with E-state index in [1.165, 1.54) is 0 Å². The second-order valence-corrected chi connectivity index (χ2v) is 6.00. The minimum Gasteiger partial charge on any atom is -0.486 e. The van der Waals surface area contributed by atoms with Crippen molar-refractivity contribution in [2.45, 2.75) is 20.0 Å². The predicted octanol–water partition coefficient (Wildman–Crippen LogP) is 2.73. The molecular weight excluding hydrogens is 302 g/mol. The molecule has 1 aliphatic heterocycles. The summed E-state index contributed by atoms with van der Waals surface area (Å²) in [4.78, 5) is 4.06. The van der Waals surface area contributed by atoms with Gasteiger partial charge in [0.25, 0.3) is 0 Å². The Hall–Kier alpha value is -1.72. The van der Waals surface area contributed by atoms with Crippen molar-refractivity contribution in [3.05, 3.63) is 41.4 Å². The summed E-state index contributed by atoms with van der Waals surface area (Å²) in [5.74, 6) is 1.91. The summed E-state index contributed by atoms with van der Waals surface area (Å²) < 4.78 is 13.2. The highest BCUT2D eigenvalue weighted by molar-refractivity contribution is 6.32. The van der Waals surface area contributed by atoms with E-state index < -0.39 is 0 Å². The highest BCUT2D eigenvalue weighted by Gasteiger charge is 2.16. The summed E-state index contributed by atoms with van der Waals surface area (Å²) in [7, 11) is 0. The summed E-state index contributed by atoms with van der Waals surface area (Å²) >= 11 is 6.24. The van der Waals surface area contributed by atoms with Crippen molar-refractivity contribution in [2.75, 3.05) is 19.8 Å². The second-order valence-electron chi connectivity index (χ2n) is 5.60. The number of fused-ring (bicyclic) bond motifs is 1. The van der Waals surface area contributed by atoms with Gasteiger partial charge in [-0.1, -0.05) is 18.5 Å². The first kappa shape index (κ1) is 15.2. The summed E-state index contributed by atoms with van der Waals surface area (Å²) in [6.07, 6.45) is 5.63. The number of halogens is 1. The van der Waals surface area contributed by atoms with Crippen molar-refractivity contribution < 1.29 is 9.47 Å². The maximum Gasteiger partial charge on any atom is 0.179 e. The van der Waals surface area contributed by atoms with Crippen LogP contribution in [0.5, 0.6) is 11.5 Å². The van der Waals surface area contributed by atoms with Crippen molar-refractivity contribution in [1.29, 1.82) is 0 Å². The highest BCUT2D eigenvalue weighted by atomic mass is 35.5. The zero-order valence-corrected chi connectivity index (χ0v) is 13.3. The average molecular weight is 322 g/mol. The standard InChI is InChI=1S/C16H20ClN3O2/c1-12(10-20-3-2-18-11-20)8-19-9-13-6-14(17)16-15(7-13)21-4-5-22-16/h2-3,6-7,11-12,19H,4-5,8-10H2,1H3. The van der Waals surface area contributed by atoms with Gasteiger partial charge in [0.1, 0.15) is 13.2 Å². The van der Waals surface area contributed by atoms with Gasteiger partial charge < -0.3 is 19.4 Å². The molecule has 1 aromatic heterocycles. The van der Waals surface area contributed by atoms with Crippen LogP contribution in [0.3, 0.4) is 0 Å². The summed E-state index contributed by atoms with van der Waals surface area (Å²) in [5, 5.41) is 4.07. The van der Waals surface area contributed by atoms with Gasteiger partial charge in [-0.15, -0.1) is 0 Å². The third-order valence-electron chi connectivity index (χ3n) is 3.56. The minimum atomic E-state index is 0.516. The first-order chi connectivity index (χ1) is 10.7. The van der Waals surface area contributed by atoms with Gasteiger partial charge in [-0.3, -0.25) is 0 Å². The Labute approximate surface area is 135 Å². The molecule has 22 heavy (non-hydrogen) atoms. The maximum absolute atomic E-state index is 6.24. The van der Waals surface area contributed by atoms with E-state index in [2.05, 4.69) is 21.8 Å². The molecule has 0 fully saturated rings. The van der Waals surface area contributed by atoms with Gasteiger partial charge in [0.15, 0.2) is 11.5 Å². The molecular formula is C16H20ClN3O2. The molecule has 0 aliphatic carbocycles. The van der Waals surface area contributed by atoms with Crippen molar-refractivity contribution in [3.8, 4) is 11.5 Å². The third kappa shape index (κ3) is 3.72. The Balaban J connectivity index is 1.52. The fourth-order valence-electron chi connectivity index (χ4n) is 2.55. The zero-order chi connectivity index (χ0) is 15.4. The van der Waals surface area contributed by atoms with Crippen LogP contribution in [0.25, 0.3) is 0 Å². The molecule has 1 aromatic carbocycles. The average Bonchev–Trinajstić information content (AvgIpc) is 3.00. The quantitative estimate of drug-likeness (QED) is 0.888. The molecule has 0 saturated carbocycles. The predicted molar refractivity (Wildman–Crippen MR) is 85.5 cm³/mol. The molecule has 0 amide bonds.